The van der Waals surface area contributed by atoms with Crippen molar-refractivity contribution in [3.05, 3.63) is 81.2 Å². The summed E-state index contributed by atoms with van der Waals surface area (Å²) < 4.78 is 6.07. The minimum absolute atomic E-state index is 0.129. The van der Waals surface area contributed by atoms with Gasteiger partial charge in [-0.15, -0.1) is 11.3 Å². The van der Waals surface area contributed by atoms with Crippen LogP contribution in [-0.4, -0.2) is 17.9 Å². The first-order valence-corrected chi connectivity index (χ1v) is 13.8. The molecule has 5 nitrogen and oxygen atoms in total. The zero-order valence-corrected chi connectivity index (χ0v) is 22.3. The van der Waals surface area contributed by atoms with Crippen molar-refractivity contribution in [2.45, 2.75) is 78.4 Å². The maximum absolute atomic E-state index is 13.5. The van der Waals surface area contributed by atoms with Gasteiger partial charge in [-0.25, -0.2) is 0 Å². The maximum Gasteiger partial charge on any atom is 0.266 e. The third kappa shape index (κ3) is 6.35. The van der Waals surface area contributed by atoms with Crippen molar-refractivity contribution in [3.63, 3.8) is 0 Å². The van der Waals surface area contributed by atoms with Crippen LogP contribution in [0.1, 0.15) is 76.5 Å². The number of benzene rings is 2. The fourth-order valence-electron chi connectivity index (χ4n) is 4.58. The molecule has 1 heterocycles. The number of nitrogens with one attached hydrogen (secondary N) is 2. The molecule has 0 fully saturated rings. The van der Waals surface area contributed by atoms with Crippen LogP contribution in [0.4, 0.5) is 5.00 Å². The van der Waals surface area contributed by atoms with Gasteiger partial charge in [0.2, 0.25) is 0 Å². The molecule has 3 aromatic rings. The molecule has 2 N–H and O–H groups in total. The summed E-state index contributed by atoms with van der Waals surface area (Å²) in [6.45, 7) is 6.47. The Morgan fingerprint density at radius 3 is 2.44 bits per heavy atom. The van der Waals surface area contributed by atoms with Crippen molar-refractivity contribution in [1.82, 2.24) is 5.32 Å². The SMILES string of the molecule is CC[C@@H](Oc1ccc(C)c(C)c1)C(=O)Nc1sc2c(c1C(=O)NCc1ccccc1)CCCCCC2. The van der Waals surface area contributed by atoms with Gasteiger partial charge in [-0.3, -0.25) is 9.59 Å². The molecule has 1 aliphatic carbocycles. The van der Waals surface area contributed by atoms with Crippen LogP contribution in [0.15, 0.2) is 48.5 Å². The highest BCUT2D eigenvalue weighted by molar-refractivity contribution is 7.17. The molecule has 1 aliphatic rings. The summed E-state index contributed by atoms with van der Waals surface area (Å²) in [5.41, 5.74) is 5.08. The highest BCUT2D eigenvalue weighted by Gasteiger charge is 2.27. The molecule has 190 valence electrons. The number of thiophene rings is 1. The van der Waals surface area contributed by atoms with E-state index in [0.717, 1.165) is 42.4 Å². The zero-order valence-electron chi connectivity index (χ0n) is 21.5. The molecule has 0 radical (unpaired) electrons. The molecule has 1 atom stereocenters. The standard InChI is InChI=1S/C30H36N2O3S/c1-4-25(35-23-17-16-20(2)21(3)18-23)28(33)32-30-27(24-14-10-5-6-11-15-26(24)36-30)29(34)31-19-22-12-8-7-9-13-22/h7-9,12-13,16-18,25H,4-6,10-11,14-15,19H2,1-3H3,(H,31,34)(H,32,33)/t25-/m1/s1. The molecular weight excluding hydrogens is 468 g/mol. The van der Waals surface area contributed by atoms with Crippen LogP contribution < -0.4 is 15.4 Å². The van der Waals surface area contributed by atoms with E-state index in [4.69, 9.17) is 4.74 Å². The van der Waals surface area contributed by atoms with E-state index in [9.17, 15) is 9.59 Å². The third-order valence-electron chi connectivity index (χ3n) is 6.85. The summed E-state index contributed by atoms with van der Waals surface area (Å²) in [5.74, 6) is 0.330. The van der Waals surface area contributed by atoms with Gasteiger partial charge in [-0.05, 0) is 80.3 Å². The topological polar surface area (TPSA) is 67.4 Å². The molecule has 0 aliphatic heterocycles. The van der Waals surface area contributed by atoms with E-state index in [1.165, 1.54) is 23.3 Å². The number of hydrogen-bond donors (Lipinski definition) is 2. The number of carbonyl (C=O) groups is 2. The van der Waals surface area contributed by atoms with Crippen molar-refractivity contribution >= 4 is 28.2 Å². The first-order chi connectivity index (χ1) is 17.5. The fraction of sp³-hybridized carbons (Fsp3) is 0.400. The number of hydrogen-bond acceptors (Lipinski definition) is 4. The lowest BCUT2D eigenvalue weighted by atomic mass is 9.96. The molecule has 0 saturated heterocycles. The predicted octanol–water partition coefficient (Wildman–Crippen LogP) is 6.75. The Labute approximate surface area is 218 Å². The van der Waals surface area contributed by atoms with E-state index in [1.807, 2.05) is 62.4 Å². The predicted molar refractivity (Wildman–Crippen MR) is 147 cm³/mol. The quantitative estimate of drug-likeness (QED) is 0.357. The van der Waals surface area contributed by atoms with Crippen LogP contribution in [0.3, 0.4) is 0 Å². The Kier molecular flexibility index (Phi) is 8.81. The lowest BCUT2D eigenvalue weighted by Gasteiger charge is -2.18. The second-order valence-corrected chi connectivity index (χ2v) is 10.6. The third-order valence-corrected chi connectivity index (χ3v) is 8.06. The molecule has 2 amide bonds. The number of aryl methyl sites for hydroxylation is 3. The molecule has 4 rings (SSSR count). The highest BCUT2D eigenvalue weighted by Crippen LogP contribution is 2.37. The monoisotopic (exact) mass is 504 g/mol. The van der Waals surface area contributed by atoms with Gasteiger partial charge >= 0.3 is 0 Å². The minimum Gasteiger partial charge on any atom is -0.481 e. The van der Waals surface area contributed by atoms with Gasteiger partial charge < -0.3 is 15.4 Å². The number of carbonyl (C=O) groups excluding carboxylic acids is 2. The summed E-state index contributed by atoms with van der Waals surface area (Å²) in [6, 6.07) is 15.8. The number of amides is 2. The van der Waals surface area contributed by atoms with Gasteiger partial charge in [-0.2, -0.15) is 0 Å². The average Bonchev–Trinajstić information content (AvgIpc) is 3.19. The van der Waals surface area contributed by atoms with E-state index in [2.05, 4.69) is 17.6 Å². The average molecular weight is 505 g/mol. The van der Waals surface area contributed by atoms with Crippen molar-refractivity contribution in [2.24, 2.45) is 0 Å². The van der Waals surface area contributed by atoms with E-state index < -0.39 is 6.10 Å². The Balaban J connectivity index is 1.56. The molecule has 1 aromatic heterocycles. The normalized spacial score (nSPS) is 14.2. The van der Waals surface area contributed by atoms with Crippen molar-refractivity contribution in [1.29, 1.82) is 0 Å². The zero-order chi connectivity index (χ0) is 25.5. The molecule has 2 aromatic carbocycles. The fourth-order valence-corrected chi connectivity index (χ4v) is 5.87. The van der Waals surface area contributed by atoms with Gasteiger partial charge in [0.25, 0.3) is 11.8 Å². The van der Waals surface area contributed by atoms with Crippen LogP contribution >= 0.6 is 11.3 Å². The van der Waals surface area contributed by atoms with Crippen LogP contribution in [0.25, 0.3) is 0 Å². The smallest absolute Gasteiger partial charge is 0.266 e. The second kappa shape index (κ2) is 12.2. The number of anilines is 1. The maximum atomic E-state index is 13.5. The number of ether oxygens (including phenoxy) is 1. The molecule has 36 heavy (non-hydrogen) atoms. The molecule has 0 spiro atoms. The van der Waals surface area contributed by atoms with E-state index >= 15 is 0 Å². The van der Waals surface area contributed by atoms with E-state index in [-0.39, 0.29) is 11.8 Å². The van der Waals surface area contributed by atoms with E-state index in [0.29, 0.717) is 29.3 Å². The van der Waals surface area contributed by atoms with Gasteiger partial charge in [0.15, 0.2) is 6.10 Å². The minimum atomic E-state index is -0.642. The van der Waals surface area contributed by atoms with Crippen molar-refractivity contribution < 1.29 is 14.3 Å². The number of rotatable bonds is 8. The lowest BCUT2D eigenvalue weighted by molar-refractivity contribution is -0.122. The molecular formula is C30H36N2O3S. The summed E-state index contributed by atoms with van der Waals surface area (Å²) in [5, 5.41) is 6.80. The van der Waals surface area contributed by atoms with Gasteiger partial charge in [0.1, 0.15) is 10.8 Å². The summed E-state index contributed by atoms with van der Waals surface area (Å²) in [4.78, 5) is 28.0. The van der Waals surface area contributed by atoms with Crippen molar-refractivity contribution in [3.8, 4) is 5.75 Å². The Morgan fingerprint density at radius 1 is 0.972 bits per heavy atom. The van der Waals surface area contributed by atoms with Gasteiger partial charge in [0, 0.05) is 11.4 Å². The first kappa shape index (κ1) is 26.0. The van der Waals surface area contributed by atoms with E-state index in [1.54, 1.807) is 11.3 Å². The molecule has 0 bridgehead atoms. The van der Waals surface area contributed by atoms with Crippen molar-refractivity contribution in [2.75, 3.05) is 5.32 Å². The van der Waals surface area contributed by atoms with Crippen LogP contribution in [0.2, 0.25) is 0 Å². The summed E-state index contributed by atoms with van der Waals surface area (Å²) in [6.07, 6.45) is 6.25. The van der Waals surface area contributed by atoms with Gasteiger partial charge in [0.05, 0.1) is 5.56 Å². The first-order valence-electron chi connectivity index (χ1n) is 13.0. The summed E-state index contributed by atoms with van der Waals surface area (Å²) >= 11 is 1.55. The van der Waals surface area contributed by atoms with Crippen LogP contribution in [0, 0.1) is 13.8 Å². The Hall–Kier alpha value is -3.12. The van der Waals surface area contributed by atoms with Crippen LogP contribution in [0.5, 0.6) is 5.75 Å². The largest absolute Gasteiger partial charge is 0.481 e. The lowest BCUT2D eigenvalue weighted by Crippen LogP contribution is -2.33. The Morgan fingerprint density at radius 2 is 1.72 bits per heavy atom. The van der Waals surface area contributed by atoms with Gasteiger partial charge in [-0.1, -0.05) is 56.2 Å². The van der Waals surface area contributed by atoms with Crippen LogP contribution in [-0.2, 0) is 24.2 Å². The highest BCUT2D eigenvalue weighted by atomic mass is 32.1. The number of fused-ring (bicyclic) bond motifs is 1. The molecule has 0 saturated carbocycles. The molecule has 6 heteroatoms. The Bertz CT molecular complexity index is 1200. The molecule has 0 unspecified atom stereocenters. The summed E-state index contributed by atoms with van der Waals surface area (Å²) in [7, 11) is 0. The second-order valence-electron chi connectivity index (χ2n) is 9.54.